The highest BCUT2D eigenvalue weighted by Crippen LogP contribution is 2.20. The standard InChI is InChI=1S/C20H40N4O2/c1-4-21-19(23-16-20(25)9-13-26-14-10-20)22-15-18(17(2)3)24-11-7-5-6-8-12-24/h17-18,25H,4-16H2,1-3H3,(H2,21,22,23). The number of ether oxygens (including phenoxy) is 1. The summed E-state index contributed by atoms with van der Waals surface area (Å²) in [6, 6.07) is 0.517. The zero-order valence-corrected chi connectivity index (χ0v) is 17.1. The number of nitrogens with one attached hydrogen (secondary N) is 2. The van der Waals surface area contributed by atoms with Gasteiger partial charge in [0, 0.05) is 45.2 Å². The first-order valence-electron chi connectivity index (χ1n) is 10.6. The first-order chi connectivity index (χ1) is 12.5. The summed E-state index contributed by atoms with van der Waals surface area (Å²) in [5.41, 5.74) is -0.719. The van der Waals surface area contributed by atoms with Crippen molar-refractivity contribution in [1.82, 2.24) is 15.5 Å². The number of aliphatic imine (C=N–C) groups is 1. The highest BCUT2D eigenvalue weighted by Gasteiger charge is 2.29. The van der Waals surface area contributed by atoms with Gasteiger partial charge in [-0.05, 0) is 38.8 Å². The van der Waals surface area contributed by atoms with Crippen LogP contribution in [-0.2, 0) is 4.74 Å². The number of rotatable bonds is 7. The van der Waals surface area contributed by atoms with Crippen molar-refractivity contribution >= 4 is 5.96 Å². The maximum Gasteiger partial charge on any atom is 0.191 e. The van der Waals surface area contributed by atoms with Crippen molar-refractivity contribution in [3.05, 3.63) is 0 Å². The van der Waals surface area contributed by atoms with Gasteiger partial charge in [-0.1, -0.05) is 26.7 Å². The molecule has 26 heavy (non-hydrogen) atoms. The SMILES string of the molecule is CCNC(=NCC1(O)CCOCC1)NCC(C(C)C)N1CCCCCC1. The third-order valence-corrected chi connectivity index (χ3v) is 5.66. The molecule has 3 N–H and O–H groups in total. The molecule has 6 heteroatoms. The maximum atomic E-state index is 10.6. The average Bonchev–Trinajstić information content (AvgIpc) is 2.89. The van der Waals surface area contributed by atoms with Crippen LogP contribution >= 0.6 is 0 Å². The van der Waals surface area contributed by atoms with E-state index in [-0.39, 0.29) is 0 Å². The monoisotopic (exact) mass is 368 g/mol. The van der Waals surface area contributed by atoms with Crippen LogP contribution in [0.1, 0.15) is 59.3 Å². The molecule has 6 nitrogen and oxygen atoms in total. The van der Waals surface area contributed by atoms with E-state index in [1.807, 2.05) is 0 Å². The van der Waals surface area contributed by atoms with Gasteiger partial charge in [0.2, 0.25) is 0 Å². The van der Waals surface area contributed by atoms with Crippen LogP contribution in [0.5, 0.6) is 0 Å². The van der Waals surface area contributed by atoms with Crippen molar-refractivity contribution in [1.29, 1.82) is 0 Å². The molecule has 2 aliphatic heterocycles. The van der Waals surface area contributed by atoms with Gasteiger partial charge in [0.15, 0.2) is 5.96 Å². The summed E-state index contributed by atoms with van der Waals surface area (Å²) >= 11 is 0. The molecule has 1 atom stereocenters. The molecule has 2 heterocycles. The Labute approximate surface area is 159 Å². The van der Waals surface area contributed by atoms with Crippen LogP contribution in [0, 0.1) is 5.92 Å². The van der Waals surface area contributed by atoms with Crippen LogP contribution < -0.4 is 10.6 Å². The largest absolute Gasteiger partial charge is 0.388 e. The second-order valence-electron chi connectivity index (χ2n) is 8.17. The van der Waals surface area contributed by atoms with Gasteiger partial charge in [0.05, 0.1) is 12.1 Å². The summed E-state index contributed by atoms with van der Waals surface area (Å²) in [5, 5.41) is 17.5. The predicted octanol–water partition coefficient (Wildman–Crippen LogP) is 1.98. The summed E-state index contributed by atoms with van der Waals surface area (Å²) in [7, 11) is 0. The Morgan fingerprint density at radius 1 is 1.12 bits per heavy atom. The van der Waals surface area contributed by atoms with E-state index in [1.165, 1.54) is 38.8 Å². The molecule has 0 aromatic rings. The van der Waals surface area contributed by atoms with Crippen molar-refractivity contribution in [2.75, 3.05) is 45.9 Å². The number of hydrogen-bond donors (Lipinski definition) is 3. The summed E-state index contributed by atoms with van der Waals surface area (Å²) in [6.45, 7) is 12.5. The molecule has 0 amide bonds. The lowest BCUT2D eigenvalue weighted by Gasteiger charge is -2.34. The normalized spacial score (nSPS) is 23.5. The van der Waals surface area contributed by atoms with Crippen LogP contribution in [0.15, 0.2) is 4.99 Å². The van der Waals surface area contributed by atoms with E-state index in [0.717, 1.165) is 19.0 Å². The fraction of sp³-hybridized carbons (Fsp3) is 0.950. The minimum atomic E-state index is -0.719. The van der Waals surface area contributed by atoms with E-state index in [9.17, 15) is 5.11 Å². The Bertz CT molecular complexity index is 414. The van der Waals surface area contributed by atoms with Crippen molar-refractivity contribution < 1.29 is 9.84 Å². The Balaban J connectivity index is 1.92. The van der Waals surface area contributed by atoms with Crippen LogP contribution in [0.25, 0.3) is 0 Å². The van der Waals surface area contributed by atoms with Crippen molar-refractivity contribution in [2.45, 2.75) is 70.9 Å². The van der Waals surface area contributed by atoms with Gasteiger partial charge >= 0.3 is 0 Å². The number of guanidine groups is 1. The molecule has 0 saturated carbocycles. The molecule has 0 bridgehead atoms. The van der Waals surface area contributed by atoms with Gasteiger partial charge < -0.3 is 20.5 Å². The fourth-order valence-electron chi connectivity index (χ4n) is 3.89. The minimum Gasteiger partial charge on any atom is -0.388 e. The minimum absolute atomic E-state index is 0.432. The molecule has 2 aliphatic rings. The van der Waals surface area contributed by atoms with Crippen molar-refractivity contribution in [3.63, 3.8) is 0 Å². The van der Waals surface area contributed by atoms with Gasteiger partial charge in [0.1, 0.15) is 0 Å². The van der Waals surface area contributed by atoms with Crippen molar-refractivity contribution in [2.24, 2.45) is 10.9 Å². The van der Waals surface area contributed by atoms with Gasteiger partial charge in [-0.3, -0.25) is 9.89 Å². The third kappa shape index (κ3) is 7.05. The van der Waals surface area contributed by atoms with E-state index in [2.05, 4.69) is 41.3 Å². The van der Waals surface area contributed by atoms with Gasteiger partial charge in [-0.25, -0.2) is 0 Å². The maximum absolute atomic E-state index is 10.6. The molecule has 0 radical (unpaired) electrons. The molecular weight excluding hydrogens is 328 g/mol. The van der Waals surface area contributed by atoms with Crippen LogP contribution in [0.3, 0.4) is 0 Å². The van der Waals surface area contributed by atoms with Crippen LogP contribution in [0.2, 0.25) is 0 Å². The van der Waals surface area contributed by atoms with E-state index in [0.29, 0.717) is 44.6 Å². The molecule has 152 valence electrons. The van der Waals surface area contributed by atoms with Crippen molar-refractivity contribution in [3.8, 4) is 0 Å². The Kier molecular flexibility index (Phi) is 9.16. The van der Waals surface area contributed by atoms with Crippen LogP contribution in [-0.4, -0.2) is 73.5 Å². The highest BCUT2D eigenvalue weighted by atomic mass is 16.5. The lowest BCUT2D eigenvalue weighted by molar-refractivity contribution is -0.0566. The molecule has 1 unspecified atom stereocenters. The van der Waals surface area contributed by atoms with Crippen LogP contribution in [0.4, 0.5) is 0 Å². The molecule has 2 rings (SSSR count). The topological polar surface area (TPSA) is 69.1 Å². The Morgan fingerprint density at radius 3 is 2.35 bits per heavy atom. The second kappa shape index (κ2) is 11.1. The van der Waals surface area contributed by atoms with E-state index < -0.39 is 5.60 Å². The molecule has 0 aromatic heterocycles. The molecular formula is C20H40N4O2. The molecule has 2 fully saturated rings. The van der Waals surface area contributed by atoms with E-state index >= 15 is 0 Å². The first kappa shape index (κ1) is 21.5. The lowest BCUT2D eigenvalue weighted by Crippen LogP contribution is -2.50. The average molecular weight is 369 g/mol. The smallest absolute Gasteiger partial charge is 0.191 e. The number of hydrogen-bond acceptors (Lipinski definition) is 4. The summed E-state index contributed by atoms with van der Waals surface area (Å²) in [4.78, 5) is 7.33. The van der Waals surface area contributed by atoms with Gasteiger partial charge in [-0.2, -0.15) is 0 Å². The lowest BCUT2D eigenvalue weighted by atomic mass is 9.95. The molecule has 0 spiro atoms. The first-order valence-corrected chi connectivity index (χ1v) is 10.6. The van der Waals surface area contributed by atoms with Gasteiger partial charge in [-0.15, -0.1) is 0 Å². The fourth-order valence-corrected chi connectivity index (χ4v) is 3.89. The molecule has 0 aliphatic carbocycles. The molecule has 2 saturated heterocycles. The summed E-state index contributed by atoms with van der Waals surface area (Å²) in [5.74, 6) is 1.41. The third-order valence-electron chi connectivity index (χ3n) is 5.66. The predicted molar refractivity (Wildman–Crippen MR) is 108 cm³/mol. The number of nitrogens with zero attached hydrogens (tertiary/aromatic N) is 2. The number of likely N-dealkylation sites (tertiary alicyclic amines) is 1. The van der Waals surface area contributed by atoms with Gasteiger partial charge in [0.25, 0.3) is 0 Å². The quantitative estimate of drug-likeness (QED) is 0.474. The zero-order chi connectivity index (χ0) is 18.8. The Hall–Kier alpha value is -0.850. The summed E-state index contributed by atoms with van der Waals surface area (Å²) < 4.78 is 5.36. The van der Waals surface area contributed by atoms with E-state index in [1.54, 1.807) is 0 Å². The second-order valence-corrected chi connectivity index (χ2v) is 8.17. The highest BCUT2D eigenvalue weighted by molar-refractivity contribution is 5.79. The molecule has 0 aromatic carbocycles. The number of aliphatic hydroxyl groups is 1. The van der Waals surface area contributed by atoms with E-state index in [4.69, 9.17) is 4.74 Å². The Morgan fingerprint density at radius 2 is 1.77 bits per heavy atom. The zero-order valence-electron chi connectivity index (χ0n) is 17.1. The summed E-state index contributed by atoms with van der Waals surface area (Å²) in [6.07, 6.45) is 6.68.